The molecule has 2 aromatic carbocycles. The zero-order valence-corrected chi connectivity index (χ0v) is 22.9. The van der Waals surface area contributed by atoms with E-state index in [4.69, 9.17) is 11.6 Å². The van der Waals surface area contributed by atoms with Crippen LogP contribution in [-0.2, 0) is 17.8 Å². The van der Waals surface area contributed by atoms with Crippen LogP contribution in [0.5, 0.6) is 0 Å². The highest BCUT2D eigenvalue weighted by Crippen LogP contribution is 2.31. The molecule has 1 aromatic heterocycles. The van der Waals surface area contributed by atoms with Crippen molar-refractivity contribution in [2.45, 2.75) is 45.6 Å². The highest BCUT2D eigenvalue weighted by Gasteiger charge is 2.22. The molecule has 1 saturated carbocycles. The number of halogens is 1. The summed E-state index contributed by atoms with van der Waals surface area (Å²) < 4.78 is 0. The van der Waals surface area contributed by atoms with E-state index in [1.54, 1.807) is 12.3 Å². The van der Waals surface area contributed by atoms with Gasteiger partial charge in [-0.2, -0.15) is 0 Å². The number of fused-ring (bicyclic) bond motifs is 1. The van der Waals surface area contributed by atoms with Crippen LogP contribution in [-0.4, -0.2) is 40.0 Å². The number of nitrogens with one attached hydrogen (secondary N) is 2. The van der Waals surface area contributed by atoms with Crippen LogP contribution in [0.4, 0.5) is 16.5 Å². The fraction of sp³-hybridized carbons (Fsp3) is 0.345. The molecule has 38 heavy (non-hydrogen) atoms. The summed E-state index contributed by atoms with van der Waals surface area (Å²) in [5, 5.41) is 16.6. The van der Waals surface area contributed by atoms with Crippen LogP contribution < -0.4 is 10.6 Å². The Balaban J connectivity index is 1.19. The quantitative estimate of drug-likeness (QED) is 0.323. The minimum absolute atomic E-state index is 0.0795. The third-order valence-electron chi connectivity index (χ3n) is 7.30. The summed E-state index contributed by atoms with van der Waals surface area (Å²) in [6.45, 7) is 3.42. The van der Waals surface area contributed by atoms with Crippen molar-refractivity contribution in [3.05, 3.63) is 80.8 Å². The van der Waals surface area contributed by atoms with Gasteiger partial charge in [0.05, 0.1) is 16.9 Å². The third-order valence-corrected chi connectivity index (χ3v) is 8.53. The van der Waals surface area contributed by atoms with Crippen molar-refractivity contribution in [2.24, 2.45) is 5.92 Å². The maximum Gasteiger partial charge on any atom is 0.267 e. The third kappa shape index (κ3) is 6.09. The summed E-state index contributed by atoms with van der Waals surface area (Å²) in [7, 11) is 0. The normalized spacial score (nSPS) is 17.1. The number of aliphatic hydroxyl groups is 1. The first kappa shape index (κ1) is 26.4. The average Bonchev–Trinajstić information content (AvgIpc) is 3.39. The number of hydrogen-bond acceptors (Lipinski definition) is 6. The highest BCUT2D eigenvalue weighted by atomic mass is 35.5. The number of benzene rings is 2. The molecular formula is C29H31ClN4O3S. The summed E-state index contributed by atoms with van der Waals surface area (Å²) in [4.78, 5) is 32.4. The minimum atomic E-state index is -0.252. The van der Waals surface area contributed by atoms with E-state index in [1.807, 2.05) is 36.1 Å². The number of nitrogens with zero attached hydrogens (tertiary/aromatic N) is 2. The molecule has 0 spiro atoms. The first-order valence-electron chi connectivity index (χ1n) is 12.9. The largest absolute Gasteiger partial charge is 0.396 e. The molecule has 198 valence electrons. The van der Waals surface area contributed by atoms with Gasteiger partial charge in [-0.1, -0.05) is 46.7 Å². The molecular weight excluding hydrogens is 520 g/mol. The van der Waals surface area contributed by atoms with E-state index in [-0.39, 0.29) is 18.4 Å². The number of para-hydroxylation sites is 1. The molecule has 2 aliphatic rings. The molecule has 0 saturated heterocycles. The Bertz CT molecular complexity index is 1360. The molecule has 0 radical (unpaired) electrons. The van der Waals surface area contributed by atoms with E-state index in [0.29, 0.717) is 39.7 Å². The van der Waals surface area contributed by atoms with E-state index >= 15 is 0 Å². The zero-order chi connectivity index (χ0) is 26.6. The second-order valence-electron chi connectivity index (χ2n) is 9.96. The SMILES string of the molecule is Cc1cccc(Cl)c1NC(=O)c1cnc(Nc2ccc3c(c2)CCN(C(=O)C=C2CCC(CO)CC2)C3)s1. The second-order valence-corrected chi connectivity index (χ2v) is 11.4. The number of aromatic nitrogens is 1. The van der Waals surface area contributed by atoms with Crippen LogP contribution >= 0.6 is 22.9 Å². The number of carbonyl (C=O) groups excluding carboxylic acids is 2. The lowest BCUT2D eigenvalue weighted by molar-refractivity contribution is -0.127. The molecule has 0 unspecified atom stereocenters. The lowest BCUT2D eigenvalue weighted by atomic mass is 9.86. The minimum Gasteiger partial charge on any atom is -0.396 e. The van der Waals surface area contributed by atoms with E-state index in [9.17, 15) is 14.7 Å². The number of rotatable bonds is 6. The molecule has 1 fully saturated rings. The van der Waals surface area contributed by atoms with Crippen molar-refractivity contribution in [1.29, 1.82) is 0 Å². The van der Waals surface area contributed by atoms with Gasteiger partial charge in [0.25, 0.3) is 5.91 Å². The van der Waals surface area contributed by atoms with Crippen molar-refractivity contribution in [3.8, 4) is 0 Å². The van der Waals surface area contributed by atoms with Crippen molar-refractivity contribution in [1.82, 2.24) is 9.88 Å². The van der Waals surface area contributed by atoms with Crippen molar-refractivity contribution < 1.29 is 14.7 Å². The van der Waals surface area contributed by atoms with Gasteiger partial charge in [-0.05, 0) is 79.8 Å². The maximum absolute atomic E-state index is 12.9. The number of amides is 2. The molecule has 5 rings (SSSR count). The summed E-state index contributed by atoms with van der Waals surface area (Å²) in [5.41, 5.74) is 5.95. The van der Waals surface area contributed by atoms with Crippen LogP contribution in [0.3, 0.4) is 0 Å². The number of allylic oxidation sites excluding steroid dienone is 1. The Labute approximate surface area is 231 Å². The number of hydrogen-bond donors (Lipinski definition) is 3. The Kier molecular flexibility index (Phi) is 8.12. The first-order valence-corrected chi connectivity index (χ1v) is 14.1. The topological polar surface area (TPSA) is 94.6 Å². The number of thiazole rings is 1. The van der Waals surface area contributed by atoms with Crippen LogP contribution in [0, 0.1) is 12.8 Å². The van der Waals surface area contributed by atoms with E-state index in [2.05, 4.69) is 27.8 Å². The van der Waals surface area contributed by atoms with Crippen LogP contribution in [0.2, 0.25) is 5.02 Å². The van der Waals surface area contributed by atoms with Gasteiger partial charge in [0, 0.05) is 31.5 Å². The Morgan fingerprint density at radius 3 is 2.76 bits per heavy atom. The first-order chi connectivity index (χ1) is 18.4. The summed E-state index contributed by atoms with van der Waals surface area (Å²) in [5.74, 6) is 0.201. The van der Waals surface area contributed by atoms with Gasteiger partial charge in [-0.15, -0.1) is 0 Å². The second kappa shape index (κ2) is 11.7. The average molecular weight is 551 g/mol. The molecule has 3 aromatic rings. The molecule has 2 amide bonds. The van der Waals surface area contributed by atoms with Crippen molar-refractivity contribution in [3.63, 3.8) is 0 Å². The van der Waals surface area contributed by atoms with E-state index < -0.39 is 0 Å². The zero-order valence-electron chi connectivity index (χ0n) is 21.3. The lowest BCUT2D eigenvalue weighted by Crippen LogP contribution is -2.35. The van der Waals surface area contributed by atoms with Crippen LogP contribution in [0.25, 0.3) is 0 Å². The molecule has 2 heterocycles. The fourth-order valence-corrected chi connectivity index (χ4v) is 5.99. The lowest BCUT2D eigenvalue weighted by Gasteiger charge is -2.29. The molecule has 0 atom stereocenters. The number of anilines is 3. The van der Waals surface area contributed by atoms with Gasteiger partial charge in [0.1, 0.15) is 4.88 Å². The standard InChI is InChI=1S/C29H31ClN4O3S/c1-18-3-2-4-24(30)27(18)33-28(37)25-15-31-29(38-25)32-23-10-9-22-16-34(12-11-21(22)14-23)26(36)13-19-5-7-20(17-35)8-6-19/h2-4,9-10,13-15,20,35H,5-8,11-12,16-17H2,1H3,(H,31,32)(H,33,37). The highest BCUT2D eigenvalue weighted by molar-refractivity contribution is 7.17. The van der Waals surface area contributed by atoms with Crippen LogP contribution in [0.1, 0.15) is 52.0 Å². The van der Waals surface area contributed by atoms with E-state index in [1.165, 1.54) is 22.5 Å². The van der Waals surface area contributed by atoms with Crippen molar-refractivity contribution >= 4 is 51.3 Å². The number of aryl methyl sites for hydroxylation is 1. The van der Waals surface area contributed by atoms with Gasteiger partial charge in [-0.3, -0.25) is 9.59 Å². The van der Waals surface area contributed by atoms with Gasteiger partial charge in [-0.25, -0.2) is 4.98 Å². The van der Waals surface area contributed by atoms with Gasteiger partial charge < -0.3 is 20.6 Å². The molecule has 9 heteroatoms. The summed E-state index contributed by atoms with van der Waals surface area (Å²) >= 11 is 7.52. The number of aliphatic hydroxyl groups excluding tert-OH is 1. The van der Waals surface area contributed by atoms with Gasteiger partial charge >= 0.3 is 0 Å². The molecule has 3 N–H and O–H groups in total. The number of carbonyl (C=O) groups is 2. The molecule has 7 nitrogen and oxygen atoms in total. The van der Waals surface area contributed by atoms with Gasteiger partial charge in [0.2, 0.25) is 5.91 Å². The van der Waals surface area contributed by atoms with Crippen LogP contribution in [0.15, 0.2) is 54.2 Å². The van der Waals surface area contributed by atoms with Crippen molar-refractivity contribution in [2.75, 3.05) is 23.8 Å². The monoisotopic (exact) mass is 550 g/mol. The molecule has 1 aliphatic carbocycles. The predicted octanol–water partition coefficient (Wildman–Crippen LogP) is 6.09. The summed E-state index contributed by atoms with van der Waals surface area (Å²) in [6, 6.07) is 11.6. The fourth-order valence-electron chi connectivity index (χ4n) is 4.99. The Morgan fingerprint density at radius 2 is 2.00 bits per heavy atom. The maximum atomic E-state index is 12.9. The van der Waals surface area contributed by atoms with Gasteiger partial charge in [0.15, 0.2) is 5.13 Å². The smallest absolute Gasteiger partial charge is 0.267 e. The summed E-state index contributed by atoms with van der Waals surface area (Å²) in [6.07, 6.45) is 7.88. The molecule has 0 bridgehead atoms. The predicted molar refractivity (Wildman–Crippen MR) is 152 cm³/mol. The van der Waals surface area contributed by atoms with E-state index in [0.717, 1.165) is 48.9 Å². The Hall–Kier alpha value is -3.20. The Morgan fingerprint density at radius 1 is 1.18 bits per heavy atom. The molecule has 1 aliphatic heterocycles.